The number of nitrogens with zero attached hydrogens (tertiary/aromatic N) is 1. The number of carbonyl (C=O) groups is 1. The second-order valence-corrected chi connectivity index (χ2v) is 6.52. The lowest BCUT2D eigenvalue weighted by atomic mass is 10.2. The van der Waals surface area contributed by atoms with Crippen molar-refractivity contribution < 1.29 is 4.79 Å². The molecule has 1 unspecified atom stereocenters. The third-order valence-electron chi connectivity index (χ3n) is 3.10. The Kier molecular flexibility index (Phi) is 5.51. The molecule has 1 aromatic heterocycles. The van der Waals surface area contributed by atoms with E-state index in [1.165, 1.54) is 0 Å². The molecule has 1 N–H and O–H groups in total. The van der Waals surface area contributed by atoms with Crippen molar-refractivity contribution in [3.63, 3.8) is 0 Å². The van der Waals surface area contributed by atoms with Gasteiger partial charge in [-0.1, -0.05) is 41.4 Å². The van der Waals surface area contributed by atoms with Crippen LogP contribution in [0.5, 0.6) is 0 Å². The second-order valence-electron chi connectivity index (χ2n) is 4.76. The molecular formula is C15H16Cl2N2OS. The highest BCUT2D eigenvalue weighted by Crippen LogP contribution is 2.26. The molecule has 0 aliphatic heterocycles. The van der Waals surface area contributed by atoms with Crippen molar-refractivity contribution >= 4 is 40.6 Å². The summed E-state index contributed by atoms with van der Waals surface area (Å²) in [6, 6.07) is 9.22. The summed E-state index contributed by atoms with van der Waals surface area (Å²) in [5.41, 5.74) is 0.825. The first-order valence-electron chi connectivity index (χ1n) is 6.47. The Hall–Kier alpha value is -1.23. The first-order chi connectivity index (χ1) is 9.99. The zero-order valence-corrected chi connectivity index (χ0v) is 14.1. The van der Waals surface area contributed by atoms with Crippen LogP contribution in [0, 0.1) is 0 Å². The molecule has 0 aliphatic carbocycles. The number of hydrogen-bond acceptors (Lipinski definition) is 2. The van der Waals surface area contributed by atoms with Crippen molar-refractivity contribution in [2.24, 2.45) is 0 Å². The summed E-state index contributed by atoms with van der Waals surface area (Å²) in [4.78, 5) is 14.9. The van der Waals surface area contributed by atoms with Gasteiger partial charge in [0.2, 0.25) is 0 Å². The van der Waals surface area contributed by atoms with E-state index in [0.717, 1.165) is 10.4 Å². The van der Waals surface area contributed by atoms with Crippen LogP contribution in [0.3, 0.4) is 0 Å². The maximum Gasteiger partial charge on any atom is 0.317 e. The number of nitrogens with one attached hydrogen (secondary N) is 1. The highest BCUT2D eigenvalue weighted by atomic mass is 35.5. The Bertz CT molecular complexity index is 616. The molecule has 1 atom stereocenters. The normalized spacial score (nSPS) is 12.0. The minimum absolute atomic E-state index is 0.0187. The van der Waals surface area contributed by atoms with Crippen LogP contribution in [0.4, 0.5) is 4.79 Å². The average molecular weight is 343 g/mol. The molecule has 21 heavy (non-hydrogen) atoms. The number of amides is 2. The number of carbonyl (C=O) groups excluding carboxylic acids is 1. The lowest BCUT2D eigenvalue weighted by Gasteiger charge is -2.21. The van der Waals surface area contributed by atoms with Crippen LogP contribution in [0.15, 0.2) is 35.7 Å². The van der Waals surface area contributed by atoms with Crippen LogP contribution >= 0.6 is 34.5 Å². The number of thiophene rings is 1. The molecule has 3 nitrogen and oxygen atoms in total. The molecule has 0 bridgehead atoms. The molecular weight excluding hydrogens is 327 g/mol. The summed E-state index contributed by atoms with van der Waals surface area (Å²) in [6.07, 6.45) is 0. The van der Waals surface area contributed by atoms with E-state index in [-0.39, 0.29) is 12.1 Å². The van der Waals surface area contributed by atoms with Crippen molar-refractivity contribution in [1.29, 1.82) is 0 Å². The summed E-state index contributed by atoms with van der Waals surface area (Å²) in [7, 11) is 1.73. The molecule has 2 rings (SSSR count). The van der Waals surface area contributed by atoms with Gasteiger partial charge in [0.15, 0.2) is 0 Å². The smallest absolute Gasteiger partial charge is 0.317 e. The molecule has 6 heteroatoms. The van der Waals surface area contributed by atoms with Gasteiger partial charge in [0, 0.05) is 18.5 Å². The monoisotopic (exact) mass is 342 g/mol. The van der Waals surface area contributed by atoms with E-state index >= 15 is 0 Å². The fourth-order valence-electron chi connectivity index (χ4n) is 1.90. The molecule has 0 aliphatic rings. The van der Waals surface area contributed by atoms with E-state index in [1.54, 1.807) is 29.4 Å². The van der Waals surface area contributed by atoms with Gasteiger partial charge in [-0.3, -0.25) is 0 Å². The SMILES string of the molecule is CC(NC(=O)N(C)Cc1cccc(Cl)c1Cl)c1cccs1. The maximum atomic E-state index is 12.2. The standard InChI is InChI=1S/C15H16Cl2N2OS/c1-10(13-7-4-8-21-13)18-15(20)19(2)9-11-5-3-6-12(16)14(11)17/h3-8,10H,9H2,1-2H3,(H,18,20). The summed E-state index contributed by atoms with van der Waals surface area (Å²) < 4.78 is 0. The predicted octanol–water partition coefficient (Wildman–Crippen LogP) is 4.96. The van der Waals surface area contributed by atoms with Crippen LogP contribution in [0.25, 0.3) is 0 Å². The van der Waals surface area contributed by atoms with Crippen LogP contribution in [0.2, 0.25) is 10.0 Å². The fourth-order valence-corrected chi connectivity index (χ4v) is 3.02. The molecule has 2 aromatic rings. The summed E-state index contributed by atoms with van der Waals surface area (Å²) >= 11 is 13.7. The summed E-state index contributed by atoms with van der Waals surface area (Å²) in [5.74, 6) is 0. The fraction of sp³-hybridized carbons (Fsp3) is 0.267. The van der Waals surface area contributed by atoms with E-state index in [9.17, 15) is 4.79 Å². The van der Waals surface area contributed by atoms with Gasteiger partial charge >= 0.3 is 6.03 Å². The van der Waals surface area contributed by atoms with Crippen LogP contribution in [-0.2, 0) is 6.54 Å². The van der Waals surface area contributed by atoms with Crippen molar-refractivity contribution in [1.82, 2.24) is 10.2 Å². The van der Waals surface area contributed by atoms with Crippen LogP contribution in [-0.4, -0.2) is 18.0 Å². The number of halogens is 2. The zero-order valence-electron chi connectivity index (χ0n) is 11.8. The second kappa shape index (κ2) is 7.16. The van der Waals surface area contributed by atoms with E-state index in [4.69, 9.17) is 23.2 Å². The van der Waals surface area contributed by atoms with Crippen molar-refractivity contribution in [3.05, 3.63) is 56.2 Å². The van der Waals surface area contributed by atoms with Gasteiger partial charge in [0.05, 0.1) is 16.1 Å². The minimum Gasteiger partial charge on any atom is -0.331 e. The van der Waals surface area contributed by atoms with E-state index < -0.39 is 0 Å². The molecule has 2 amide bonds. The predicted molar refractivity (Wildman–Crippen MR) is 89.2 cm³/mol. The topological polar surface area (TPSA) is 32.3 Å². The Morgan fingerprint density at radius 1 is 1.33 bits per heavy atom. The maximum absolute atomic E-state index is 12.2. The van der Waals surface area contributed by atoms with E-state index in [2.05, 4.69) is 5.32 Å². The number of urea groups is 1. The summed E-state index contributed by atoms with van der Waals surface area (Å²) in [6.45, 7) is 2.37. The number of rotatable bonds is 4. The quantitative estimate of drug-likeness (QED) is 0.836. The molecule has 112 valence electrons. The van der Waals surface area contributed by atoms with Crippen molar-refractivity contribution in [2.45, 2.75) is 19.5 Å². The molecule has 1 heterocycles. The van der Waals surface area contributed by atoms with Crippen molar-refractivity contribution in [3.8, 4) is 0 Å². The molecule has 0 spiro atoms. The Balaban J connectivity index is 1.98. The van der Waals surface area contributed by atoms with Gasteiger partial charge in [-0.2, -0.15) is 0 Å². The highest BCUT2D eigenvalue weighted by Gasteiger charge is 2.15. The third-order valence-corrected chi connectivity index (χ3v) is 5.01. The Labute approximate surface area is 138 Å². The van der Waals surface area contributed by atoms with Crippen LogP contribution in [0.1, 0.15) is 23.4 Å². The van der Waals surface area contributed by atoms with Gasteiger partial charge in [-0.25, -0.2) is 4.79 Å². The molecule has 0 saturated carbocycles. The summed E-state index contributed by atoms with van der Waals surface area (Å²) in [5, 5.41) is 5.94. The van der Waals surface area contributed by atoms with Gasteiger partial charge in [-0.05, 0) is 30.0 Å². The first kappa shape index (κ1) is 16.1. The lowest BCUT2D eigenvalue weighted by Crippen LogP contribution is -2.38. The number of benzene rings is 1. The largest absolute Gasteiger partial charge is 0.331 e. The molecule has 0 fully saturated rings. The lowest BCUT2D eigenvalue weighted by molar-refractivity contribution is 0.203. The van der Waals surface area contributed by atoms with Gasteiger partial charge in [0.1, 0.15) is 0 Å². The van der Waals surface area contributed by atoms with Gasteiger partial charge in [0.25, 0.3) is 0 Å². The van der Waals surface area contributed by atoms with Crippen molar-refractivity contribution in [2.75, 3.05) is 7.05 Å². The molecule has 0 saturated heterocycles. The first-order valence-corrected chi connectivity index (χ1v) is 8.10. The highest BCUT2D eigenvalue weighted by molar-refractivity contribution is 7.10. The zero-order chi connectivity index (χ0) is 15.4. The minimum atomic E-state index is -0.146. The van der Waals surface area contributed by atoms with Crippen LogP contribution < -0.4 is 5.32 Å². The third kappa shape index (κ3) is 4.13. The molecule has 0 radical (unpaired) electrons. The average Bonchev–Trinajstić information content (AvgIpc) is 2.98. The van der Waals surface area contributed by atoms with E-state index in [1.807, 2.05) is 36.6 Å². The Morgan fingerprint density at radius 2 is 2.10 bits per heavy atom. The number of hydrogen-bond donors (Lipinski definition) is 1. The molecule has 1 aromatic carbocycles. The van der Waals surface area contributed by atoms with Gasteiger partial charge < -0.3 is 10.2 Å². The van der Waals surface area contributed by atoms with Gasteiger partial charge in [-0.15, -0.1) is 11.3 Å². The van der Waals surface area contributed by atoms with E-state index in [0.29, 0.717) is 16.6 Å². The Morgan fingerprint density at radius 3 is 2.76 bits per heavy atom.